The van der Waals surface area contributed by atoms with Crippen LogP contribution in [0.15, 0.2) is 30.3 Å². The average Bonchev–Trinajstić information content (AvgIpc) is 2.73. The van der Waals surface area contributed by atoms with Crippen LogP contribution in [-0.2, 0) is 6.42 Å². The molecule has 0 aliphatic carbocycles. The van der Waals surface area contributed by atoms with E-state index in [0.29, 0.717) is 5.02 Å². The summed E-state index contributed by atoms with van der Waals surface area (Å²) in [5.41, 5.74) is 2.00. The third-order valence-corrected chi connectivity index (χ3v) is 4.07. The zero-order valence-electron chi connectivity index (χ0n) is 10.3. The first-order valence-corrected chi connectivity index (χ1v) is 6.96. The van der Waals surface area contributed by atoms with Gasteiger partial charge in [-0.2, -0.15) is 0 Å². The standard InChI is InChI=1S/C14H14ClNOS/c1-3-10-8-13(18-9(10)2)14(17)16-12-6-4-11(15)5-7-12/h4-8H,3H2,1-2H3,(H,16,17). The maximum Gasteiger partial charge on any atom is 0.265 e. The summed E-state index contributed by atoms with van der Waals surface area (Å²) in [6.07, 6.45) is 0.955. The van der Waals surface area contributed by atoms with Crippen molar-refractivity contribution in [3.8, 4) is 0 Å². The van der Waals surface area contributed by atoms with E-state index in [1.165, 1.54) is 21.8 Å². The van der Waals surface area contributed by atoms with Gasteiger partial charge in [-0.1, -0.05) is 18.5 Å². The highest BCUT2D eigenvalue weighted by Gasteiger charge is 2.11. The molecule has 0 bridgehead atoms. The van der Waals surface area contributed by atoms with Crippen LogP contribution in [0.2, 0.25) is 5.02 Å². The fraction of sp³-hybridized carbons (Fsp3) is 0.214. The Balaban J connectivity index is 2.14. The summed E-state index contributed by atoms with van der Waals surface area (Å²) < 4.78 is 0. The van der Waals surface area contributed by atoms with Crippen LogP contribution in [0.5, 0.6) is 0 Å². The zero-order valence-corrected chi connectivity index (χ0v) is 11.9. The Morgan fingerprint density at radius 2 is 2.00 bits per heavy atom. The second kappa shape index (κ2) is 5.55. The molecule has 4 heteroatoms. The molecule has 1 N–H and O–H groups in total. The minimum Gasteiger partial charge on any atom is -0.321 e. The number of benzene rings is 1. The van der Waals surface area contributed by atoms with Gasteiger partial charge in [-0.3, -0.25) is 4.79 Å². The van der Waals surface area contributed by atoms with E-state index in [0.717, 1.165) is 17.0 Å². The summed E-state index contributed by atoms with van der Waals surface area (Å²) >= 11 is 7.33. The van der Waals surface area contributed by atoms with Crippen LogP contribution in [-0.4, -0.2) is 5.91 Å². The van der Waals surface area contributed by atoms with Gasteiger partial charge >= 0.3 is 0 Å². The lowest BCUT2D eigenvalue weighted by Gasteiger charge is -2.02. The summed E-state index contributed by atoms with van der Waals surface area (Å²) in [7, 11) is 0. The predicted octanol–water partition coefficient (Wildman–Crippen LogP) is 4.52. The lowest BCUT2D eigenvalue weighted by Crippen LogP contribution is -2.09. The van der Waals surface area contributed by atoms with E-state index < -0.39 is 0 Å². The fourth-order valence-corrected chi connectivity index (χ4v) is 2.84. The SMILES string of the molecule is CCc1cc(C(=O)Nc2ccc(Cl)cc2)sc1C. The van der Waals surface area contributed by atoms with Crippen molar-refractivity contribution in [1.29, 1.82) is 0 Å². The van der Waals surface area contributed by atoms with Gasteiger partial charge in [0.25, 0.3) is 5.91 Å². The molecule has 1 heterocycles. The third-order valence-electron chi connectivity index (χ3n) is 2.73. The van der Waals surface area contributed by atoms with Crippen molar-refractivity contribution in [2.24, 2.45) is 0 Å². The molecule has 0 atom stereocenters. The van der Waals surface area contributed by atoms with E-state index in [1.807, 2.05) is 13.0 Å². The van der Waals surface area contributed by atoms with Crippen molar-refractivity contribution in [1.82, 2.24) is 0 Å². The molecule has 2 nitrogen and oxygen atoms in total. The van der Waals surface area contributed by atoms with Gasteiger partial charge in [0, 0.05) is 15.6 Å². The molecule has 0 unspecified atom stereocenters. The number of thiophene rings is 1. The first kappa shape index (κ1) is 13.1. The lowest BCUT2D eigenvalue weighted by atomic mass is 10.2. The number of carbonyl (C=O) groups is 1. The van der Waals surface area contributed by atoms with Gasteiger partial charge in [-0.05, 0) is 49.2 Å². The van der Waals surface area contributed by atoms with Gasteiger partial charge < -0.3 is 5.32 Å². The molecule has 1 aromatic carbocycles. The summed E-state index contributed by atoms with van der Waals surface area (Å²) in [6, 6.07) is 9.07. The van der Waals surface area contributed by atoms with E-state index in [9.17, 15) is 4.79 Å². The molecule has 2 aromatic rings. The number of halogens is 1. The molecule has 1 aromatic heterocycles. The number of carbonyl (C=O) groups excluding carboxylic acids is 1. The van der Waals surface area contributed by atoms with Crippen molar-refractivity contribution >= 4 is 34.5 Å². The Kier molecular flexibility index (Phi) is 4.04. The molecule has 0 saturated carbocycles. The lowest BCUT2D eigenvalue weighted by molar-refractivity contribution is 0.103. The summed E-state index contributed by atoms with van der Waals surface area (Å²) in [6.45, 7) is 4.14. The highest BCUT2D eigenvalue weighted by molar-refractivity contribution is 7.14. The van der Waals surface area contributed by atoms with Crippen molar-refractivity contribution < 1.29 is 4.79 Å². The molecule has 0 saturated heterocycles. The Labute approximate surface area is 116 Å². The molecule has 0 aliphatic rings. The van der Waals surface area contributed by atoms with Crippen LogP contribution in [0, 0.1) is 6.92 Å². The van der Waals surface area contributed by atoms with Crippen LogP contribution in [0.3, 0.4) is 0 Å². The molecule has 18 heavy (non-hydrogen) atoms. The molecule has 0 aliphatic heterocycles. The number of amides is 1. The minimum absolute atomic E-state index is 0.0647. The molecular formula is C14H14ClNOS. The number of rotatable bonds is 3. The second-order valence-electron chi connectivity index (χ2n) is 4.01. The van der Waals surface area contributed by atoms with Crippen molar-refractivity contribution in [2.45, 2.75) is 20.3 Å². The molecule has 94 valence electrons. The fourth-order valence-electron chi connectivity index (χ4n) is 1.71. The molecule has 0 spiro atoms. The van der Waals surface area contributed by atoms with Crippen LogP contribution < -0.4 is 5.32 Å². The quantitative estimate of drug-likeness (QED) is 0.879. The van der Waals surface area contributed by atoms with Gasteiger partial charge in [-0.15, -0.1) is 11.3 Å². The number of hydrogen-bond donors (Lipinski definition) is 1. The van der Waals surface area contributed by atoms with Crippen LogP contribution in [0.1, 0.15) is 27.0 Å². The van der Waals surface area contributed by atoms with E-state index in [-0.39, 0.29) is 5.91 Å². The highest BCUT2D eigenvalue weighted by Crippen LogP contribution is 2.23. The Morgan fingerprint density at radius 1 is 1.33 bits per heavy atom. The number of anilines is 1. The van der Waals surface area contributed by atoms with E-state index in [1.54, 1.807) is 24.3 Å². The van der Waals surface area contributed by atoms with Gasteiger partial charge in [0.05, 0.1) is 4.88 Å². The molecule has 1 amide bonds. The smallest absolute Gasteiger partial charge is 0.265 e. The van der Waals surface area contributed by atoms with Crippen molar-refractivity contribution in [3.63, 3.8) is 0 Å². The number of hydrogen-bond acceptors (Lipinski definition) is 2. The number of aryl methyl sites for hydroxylation is 2. The largest absolute Gasteiger partial charge is 0.321 e. The summed E-state index contributed by atoms with van der Waals surface area (Å²) in [5.74, 6) is -0.0647. The Bertz CT molecular complexity index is 560. The van der Waals surface area contributed by atoms with Crippen molar-refractivity contribution in [2.75, 3.05) is 5.32 Å². The maximum absolute atomic E-state index is 12.0. The van der Waals surface area contributed by atoms with Crippen LogP contribution in [0.4, 0.5) is 5.69 Å². The Hall–Kier alpha value is -1.32. The average molecular weight is 280 g/mol. The molecular weight excluding hydrogens is 266 g/mol. The van der Waals surface area contributed by atoms with E-state index >= 15 is 0 Å². The maximum atomic E-state index is 12.0. The van der Waals surface area contributed by atoms with Gasteiger partial charge in [0.2, 0.25) is 0 Å². The normalized spacial score (nSPS) is 10.4. The molecule has 0 radical (unpaired) electrons. The zero-order chi connectivity index (χ0) is 13.1. The van der Waals surface area contributed by atoms with E-state index in [2.05, 4.69) is 12.2 Å². The van der Waals surface area contributed by atoms with Crippen molar-refractivity contribution in [3.05, 3.63) is 50.7 Å². The molecule has 0 fully saturated rings. The highest BCUT2D eigenvalue weighted by atomic mass is 35.5. The predicted molar refractivity (Wildman–Crippen MR) is 77.8 cm³/mol. The van der Waals surface area contributed by atoms with Crippen LogP contribution >= 0.6 is 22.9 Å². The topological polar surface area (TPSA) is 29.1 Å². The van der Waals surface area contributed by atoms with Gasteiger partial charge in [0.15, 0.2) is 0 Å². The van der Waals surface area contributed by atoms with Gasteiger partial charge in [-0.25, -0.2) is 0 Å². The number of nitrogens with one attached hydrogen (secondary N) is 1. The second-order valence-corrected chi connectivity index (χ2v) is 5.70. The van der Waals surface area contributed by atoms with Gasteiger partial charge in [0.1, 0.15) is 0 Å². The van der Waals surface area contributed by atoms with Crippen LogP contribution in [0.25, 0.3) is 0 Å². The first-order chi connectivity index (χ1) is 8.60. The van der Waals surface area contributed by atoms with E-state index in [4.69, 9.17) is 11.6 Å². The molecule has 2 rings (SSSR count). The minimum atomic E-state index is -0.0647. The Morgan fingerprint density at radius 3 is 2.56 bits per heavy atom. The third kappa shape index (κ3) is 2.92. The summed E-state index contributed by atoms with van der Waals surface area (Å²) in [5, 5.41) is 3.52. The first-order valence-electron chi connectivity index (χ1n) is 5.76. The summed E-state index contributed by atoms with van der Waals surface area (Å²) in [4.78, 5) is 14.0. The monoisotopic (exact) mass is 279 g/mol.